The smallest absolute Gasteiger partial charge is 0.235 e. The second-order valence-electron chi connectivity index (χ2n) is 8.03. The number of benzene rings is 2. The first-order valence-corrected chi connectivity index (χ1v) is 12.2. The van der Waals surface area contributed by atoms with E-state index in [-0.39, 0.29) is 17.7 Å². The second kappa shape index (κ2) is 10.6. The highest BCUT2D eigenvalue weighted by molar-refractivity contribution is 7.99. The van der Waals surface area contributed by atoms with Crippen LogP contribution in [0.2, 0.25) is 0 Å². The summed E-state index contributed by atoms with van der Waals surface area (Å²) >= 11 is 1.34. The van der Waals surface area contributed by atoms with E-state index in [1.807, 2.05) is 74.7 Å². The van der Waals surface area contributed by atoms with E-state index in [0.717, 1.165) is 22.6 Å². The van der Waals surface area contributed by atoms with Gasteiger partial charge in [-0.3, -0.25) is 9.36 Å². The third kappa shape index (κ3) is 5.31. The molecule has 0 aliphatic rings. The number of hydrogen-bond acceptors (Lipinski definition) is 6. The van der Waals surface area contributed by atoms with Crippen LogP contribution in [0.5, 0.6) is 5.75 Å². The van der Waals surface area contributed by atoms with Crippen molar-refractivity contribution in [3.05, 3.63) is 66.4 Å². The maximum atomic E-state index is 12.7. The van der Waals surface area contributed by atoms with Crippen molar-refractivity contribution in [1.29, 1.82) is 0 Å². The molecule has 34 heavy (non-hydrogen) atoms. The van der Waals surface area contributed by atoms with Crippen molar-refractivity contribution in [2.45, 2.75) is 38.9 Å². The fourth-order valence-corrected chi connectivity index (χ4v) is 4.31. The van der Waals surface area contributed by atoms with Gasteiger partial charge in [-0.2, -0.15) is 5.10 Å². The molecule has 2 aromatic carbocycles. The van der Waals surface area contributed by atoms with E-state index in [0.29, 0.717) is 23.4 Å². The minimum atomic E-state index is -0.134. The van der Waals surface area contributed by atoms with Gasteiger partial charge in [-0.15, -0.1) is 10.2 Å². The molecule has 9 heteroatoms. The molecule has 8 nitrogen and oxygen atoms in total. The first-order valence-electron chi connectivity index (χ1n) is 11.2. The standard InChI is InChI=1S/C25H28N6O2S/c1-5-33-21-11-9-20(10-12-21)30-24(19-8-6-7-18(4)15-19)28-29-25(30)34-16-23(32)27-22-13-14-26-31(22)17(2)3/h6-15,17H,5,16H2,1-4H3,(H,27,32). The van der Waals surface area contributed by atoms with E-state index in [2.05, 4.69) is 26.7 Å². The van der Waals surface area contributed by atoms with Crippen molar-refractivity contribution in [1.82, 2.24) is 24.5 Å². The molecule has 1 amide bonds. The Morgan fingerprint density at radius 1 is 1.12 bits per heavy atom. The Kier molecular flexibility index (Phi) is 7.32. The van der Waals surface area contributed by atoms with E-state index in [4.69, 9.17) is 4.74 Å². The molecule has 4 rings (SSSR count). The molecule has 0 aliphatic carbocycles. The van der Waals surface area contributed by atoms with Crippen LogP contribution in [0.15, 0.2) is 66.0 Å². The summed E-state index contributed by atoms with van der Waals surface area (Å²) in [4.78, 5) is 12.7. The predicted molar refractivity (Wildman–Crippen MR) is 135 cm³/mol. The van der Waals surface area contributed by atoms with Crippen molar-refractivity contribution in [3.63, 3.8) is 0 Å². The topological polar surface area (TPSA) is 86.9 Å². The summed E-state index contributed by atoms with van der Waals surface area (Å²) < 4.78 is 9.34. The van der Waals surface area contributed by atoms with Gasteiger partial charge in [-0.05, 0) is 58.0 Å². The highest BCUT2D eigenvalue weighted by Gasteiger charge is 2.18. The maximum Gasteiger partial charge on any atom is 0.235 e. The second-order valence-corrected chi connectivity index (χ2v) is 8.97. The number of nitrogens with one attached hydrogen (secondary N) is 1. The van der Waals surface area contributed by atoms with Gasteiger partial charge in [0, 0.05) is 23.4 Å². The lowest BCUT2D eigenvalue weighted by Crippen LogP contribution is -2.18. The highest BCUT2D eigenvalue weighted by atomic mass is 32.2. The summed E-state index contributed by atoms with van der Waals surface area (Å²) in [5.74, 6) is 2.24. The normalized spacial score (nSPS) is 11.1. The molecule has 2 heterocycles. The van der Waals surface area contributed by atoms with Crippen LogP contribution in [-0.4, -0.2) is 42.8 Å². The van der Waals surface area contributed by atoms with Crippen LogP contribution in [0.3, 0.4) is 0 Å². The number of rotatable bonds is 9. The maximum absolute atomic E-state index is 12.7. The molecule has 0 radical (unpaired) electrons. The number of carbonyl (C=O) groups excluding carboxylic acids is 1. The number of aromatic nitrogens is 5. The zero-order valence-electron chi connectivity index (χ0n) is 19.7. The number of nitrogens with zero attached hydrogens (tertiary/aromatic N) is 5. The van der Waals surface area contributed by atoms with Crippen molar-refractivity contribution in [2.24, 2.45) is 0 Å². The Labute approximate surface area is 203 Å². The molecule has 0 spiro atoms. The van der Waals surface area contributed by atoms with E-state index in [9.17, 15) is 4.79 Å². The summed E-state index contributed by atoms with van der Waals surface area (Å²) in [6.45, 7) is 8.64. The molecule has 0 unspecified atom stereocenters. The van der Waals surface area contributed by atoms with Crippen LogP contribution in [-0.2, 0) is 4.79 Å². The molecule has 0 atom stereocenters. The summed E-state index contributed by atoms with van der Waals surface area (Å²) in [5.41, 5.74) is 2.98. The van der Waals surface area contributed by atoms with Crippen molar-refractivity contribution in [3.8, 4) is 22.8 Å². The minimum Gasteiger partial charge on any atom is -0.494 e. The van der Waals surface area contributed by atoms with Crippen molar-refractivity contribution in [2.75, 3.05) is 17.7 Å². The molecule has 176 valence electrons. The van der Waals surface area contributed by atoms with Gasteiger partial charge < -0.3 is 10.1 Å². The summed E-state index contributed by atoms with van der Waals surface area (Å²) in [7, 11) is 0. The average molecular weight is 477 g/mol. The monoisotopic (exact) mass is 476 g/mol. The molecule has 0 fully saturated rings. The molecular weight excluding hydrogens is 448 g/mol. The van der Waals surface area contributed by atoms with E-state index >= 15 is 0 Å². The zero-order chi connectivity index (χ0) is 24.1. The van der Waals surface area contributed by atoms with Crippen LogP contribution < -0.4 is 10.1 Å². The van der Waals surface area contributed by atoms with Gasteiger partial charge in [-0.1, -0.05) is 35.5 Å². The van der Waals surface area contributed by atoms with Gasteiger partial charge in [0.25, 0.3) is 0 Å². The fourth-order valence-electron chi connectivity index (χ4n) is 3.56. The minimum absolute atomic E-state index is 0.134. The third-order valence-electron chi connectivity index (χ3n) is 5.07. The Morgan fingerprint density at radius 2 is 1.91 bits per heavy atom. The Hall–Kier alpha value is -3.59. The SMILES string of the molecule is CCOc1ccc(-n2c(SCC(=O)Nc3ccnn3C(C)C)nnc2-c2cccc(C)c2)cc1. The Bertz CT molecular complexity index is 1260. The Balaban J connectivity index is 1.60. The van der Waals surface area contributed by atoms with Gasteiger partial charge in [0.1, 0.15) is 11.6 Å². The van der Waals surface area contributed by atoms with Gasteiger partial charge in [0.05, 0.1) is 18.6 Å². The lowest BCUT2D eigenvalue weighted by atomic mass is 10.1. The predicted octanol–water partition coefficient (Wildman–Crippen LogP) is 5.15. The zero-order valence-corrected chi connectivity index (χ0v) is 20.5. The lowest BCUT2D eigenvalue weighted by Gasteiger charge is -2.13. The fraction of sp³-hybridized carbons (Fsp3) is 0.280. The van der Waals surface area contributed by atoms with Crippen molar-refractivity contribution < 1.29 is 9.53 Å². The molecule has 0 saturated carbocycles. The first-order chi connectivity index (χ1) is 16.5. The van der Waals surface area contributed by atoms with Crippen LogP contribution in [0.25, 0.3) is 17.1 Å². The van der Waals surface area contributed by atoms with Gasteiger partial charge >= 0.3 is 0 Å². The van der Waals surface area contributed by atoms with Crippen LogP contribution in [0.1, 0.15) is 32.4 Å². The van der Waals surface area contributed by atoms with Crippen LogP contribution in [0, 0.1) is 6.92 Å². The first kappa shape index (κ1) is 23.6. The molecule has 4 aromatic rings. The summed E-state index contributed by atoms with van der Waals surface area (Å²) in [5, 5.41) is 16.7. The Morgan fingerprint density at radius 3 is 2.62 bits per heavy atom. The number of carbonyl (C=O) groups is 1. The molecule has 2 aromatic heterocycles. The van der Waals surface area contributed by atoms with E-state index < -0.39 is 0 Å². The molecule has 0 saturated heterocycles. The molecule has 0 bridgehead atoms. The number of hydrogen-bond donors (Lipinski definition) is 1. The lowest BCUT2D eigenvalue weighted by molar-refractivity contribution is -0.113. The van der Waals surface area contributed by atoms with Crippen LogP contribution >= 0.6 is 11.8 Å². The largest absolute Gasteiger partial charge is 0.494 e. The molecule has 0 aliphatic heterocycles. The van der Waals surface area contributed by atoms with E-state index in [1.54, 1.807) is 16.9 Å². The average Bonchev–Trinajstić information content (AvgIpc) is 3.46. The van der Waals surface area contributed by atoms with Gasteiger partial charge in [0.2, 0.25) is 5.91 Å². The third-order valence-corrected chi connectivity index (χ3v) is 6.00. The number of thioether (sulfide) groups is 1. The number of amides is 1. The highest BCUT2D eigenvalue weighted by Crippen LogP contribution is 2.29. The van der Waals surface area contributed by atoms with Crippen molar-refractivity contribution >= 4 is 23.5 Å². The van der Waals surface area contributed by atoms with Crippen LogP contribution in [0.4, 0.5) is 5.82 Å². The summed E-state index contributed by atoms with van der Waals surface area (Å²) in [6.07, 6.45) is 1.68. The number of ether oxygens (including phenoxy) is 1. The summed E-state index contributed by atoms with van der Waals surface area (Å²) in [6, 6.07) is 17.9. The molecule has 1 N–H and O–H groups in total. The molecular formula is C25H28N6O2S. The number of aryl methyl sites for hydroxylation is 1. The quantitative estimate of drug-likeness (QED) is 0.336. The van der Waals surface area contributed by atoms with E-state index in [1.165, 1.54) is 11.8 Å². The number of anilines is 1. The van der Waals surface area contributed by atoms with Gasteiger partial charge in [-0.25, -0.2) is 4.68 Å². The van der Waals surface area contributed by atoms with Gasteiger partial charge in [0.15, 0.2) is 11.0 Å².